The van der Waals surface area contributed by atoms with Gasteiger partial charge in [0.15, 0.2) is 0 Å². The van der Waals surface area contributed by atoms with Crippen molar-refractivity contribution < 1.29 is 4.79 Å². The molecule has 25 heavy (non-hydrogen) atoms. The molecule has 3 unspecified atom stereocenters. The predicted molar refractivity (Wildman–Crippen MR) is 105 cm³/mol. The van der Waals surface area contributed by atoms with Crippen LogP contribution in [0.5, 0.6) is 0 Å². The fourth-order valence-electron chi connectivity index (χ4n) is 4.69. The first kappa shape index (κ1) is 20.9. The molecule has 1 amide bonds. The third-order valence-electron chi connectivity index (χ3n) is 6.20. The predicted octanol–water partition coefficient (Wildman–Crippen LogP) is 1.72. The number of halogens is 1. The highest BCUT2D eigenvalue weighted by atomic mass is 35.5. The van der Waals surface area contributed by atoms with Crippen molar-refractivity contribution >= 4 is 18.3 Å². The van der Waals surface area contributed by atoms with E-state index in [9.17, 15) is 4.79 Å². The summed E-state index contributed by atoms with van der Waals surface area (Å²) in [7, 11) is 0. The highest BCUT2D eigenvalue weighted by molar-refractivity contribution is 5.85. The number of carbonyl (C=O) groups is 1. The van der Waals surface area contributed by atoms with Crippen molar-refractivity contribution in [3.05, 3.63) is 0 Å². The van der Waals surface area contributed by atoms with Gasteiger partial charge in [0.25, 0.3) is 0 Å². The minimum atomic E-state index is 0. The lowest BCUT2D eigenvalue weighted by molar-refractivity contribution is -0.123. The molecule has 0 aromatic heterocycles. The van der Waals surface area contributed by atoms with E-state index in [4.69, 9.17) is 0 Å². The van der Waals surface area contributed by atoms with E-state index in [1.807, 2.05) is 0 Å². The van der Waals surface area contributed by atoms with E-state index in [0.29, 0.717) is 18.0 Å². The molecule has 2 saturated heterocycles. The molecule has 0 aromatic carbocycles. The van der Waals surface area contributed by atoms with E-state index in [2.05, 4.69) is 34.3 Å². The van der Waals surface area contributed by atoms with Crippen molar-refractivity contribution in [2.75, 3.05) is 52.4 Å². The summed E-state index contributed by atoms with van der Waals surface area (Å²) in [6, 6.07) is 0.414. The van der Waals surface area contributed by atoms with Gasteiger partial charge in [-0.3, -0.25) is 9.69 Å². The van der Waals surface area contributed by atoms with E-state index >= 15 is 0 Å². The Hall–Kier alpha value is -0.360. The molecule has 3 rings (SSSR count). The van der Waals surface area contributed by atoms with Crippen molar-refractivity contribution in [3.63, 3.8) is 0 Å². The van der Waals surface area contributed by atoms with E-state index in [1.165, 1.54) is 25.8 Å². The van der Waals surface area contributed by atoms with Crippen LogP contribution in [0.1, 0.15) is 46.0 Å². The van der Waals surface area contributed by atoms with Crippen LogP contribution in [0.4, 0.5) is 0 Å². The number of hydrogen-bond acceptors (Lipinski definition) is 4. The molecule has 0 radical (unpaired) electrons. The van der Waals surface area contributed by atoms with Crippen LogP contribution in [0.15, 0.2) is 0 Å². The van der Waals surface area contributed by atoms with Crippen LogP contribution in [0.3, 0.4) is 0 Å². The maximum absolute atomic E-state index is 12.3. The summed E-state index contributed by atoms with van der Waals surface area (Å²) in [4.78, 5) is 17.2. The number of nitrogens with one attached hydrogen (secondary N) is 2. The molecule has 0 bridgehead atoms. The second-order valence-corrected chi connectivity index (χ2v) is 8.83. The Morgan fingerprint density at radius 3 is 2.56 bits per heavy atom. The zero-order valence-electron chi connectivity index (χ0n) is 16.1. The van der Waals surface area contributed by atoms with E-state index in [1.54, 1.807) is 0 Å². The largest absolute Gasteiger partial charge is 0.352 e. The summed E-state index contributed by atoms with van der Waals surface area (Å²) in [5.41, 5.74) is 0.442. The van der Waals surface area contributed by atoms with Crippen molar-refractivity contribution in [1.29, 1.82) is 0 Å². The SMILES string of the molecule is CC1CCCC(NC(=O)CN2CCN(CC3(C)CCNC3)CC2)C1.Cl. The molecule has 3 aliphatic rings. The Morgan fingerprint density at radius 1 is 1.20 bits per heavy atom. The summed E-state index contributed by atoms with van der Waals surface area (Å²) in [6.45, 7) is 13.0. The zero-order valence-corrected chi connectivity index (χ0v) is 16.9. The van der Waals surface area contributed by atoms with Gasteiger partial charge < -0.3 is 15.5 Å². The Morgan fingerprint density at radius 2 is 1.92 bits per heavy atom. The van der Waals surface area contributed by atoms with Gasteiger partial charge in [-0.05, 0) is 37.1 Å². The maximum Gasteiger partial charge on any atom is 0.234 e. The van der Waals surface area contributed by atoms with Crippen LogP contribution in [0, 0.1) is 11.3 Å². The van der Waals surface area contributed by atoms with Gasteiger partial charge in [0.2, 0.25) is 5.91 Å². The van der Waals surface area contributed by atoms with Gasteiger partial charge in [-0.15, -0.1) is 12.4 Å². The first-order valence-corrected chi connectivity index (χ1v) is 9.97. The highest BCUT2D eigenvalue weighted by Crippen LogP contribution is 2.26. The van der Waals surface area contributed by atoms with Gasteiger partial charge in [0, 0.05) is 45.3 Å². The van der Waals surface area contributed by atoms with Gasteiger partial charge in [0.05, 0.1) is 6.54 Å². The van der Waals surface area contributed by atoms with Crippen LogP contribution in [-0.2, 0) is 4.79 Å². The molecule has 2 aliphatic heterocycles. The van der Waals surface area contributed by atoms with Crippen molar-refractivity contribution in [2.24, 2.45) is 11.3 Å². The van der Waals surface area contributed by atoms with Gasteiger partial charge in [-0.2, -0.15) is 0 Å². The number of hydrogen-bond donors (Lipinski definition) is 2. The van der Waals surface area contributed by atoms with Crippen molar-refractivity contribution in [1.82, 2.24) is 20.4 Å². The lowest BCUT2D eigenvalue weighted by Gasteiger charge is -2.38. The first-order chi connectivity index (χ1) is 11.5. The van der Waals surface area contributed by atoms with Crippen molar-refractivity contribution in [3.8, 4) is 0 Å². The molecular formula is C19H37ClN4O. The van der Waals surface area contributed by atoms with Gasteiger partial charge in [0.1, 0.15) is 0 Å². The standard InChI is InChI=1S/C19H36N4O.ClH/c1-16-4-3-5-17(12-16)21-18(24)13-22-8-10-23(11-9-22)15-19(2)6-7-20-14-19;/h16-17,20H,3-15H2,1-2H3,(H,21,24);1H. The summed E-state index contributed by atoms with van der Waals surface area (Å²) in [5.74, 6) is 0.994. The first-order valence-electron chi connectivity index (χ1n) is 9.97. The zero-order chi connectivity index (χ0) is 17.0. The van der Waals surface area contributed by atoms with Crippen LogP contribution < -0.4 is 10.6 Å². The normalized spacial score (nSPS) is 34.5. The van der Waals surface area contributed by atoms with Crippen LogP contribution >= 0.6 is 12.4 Å². The monoisotopic (exact) mass is 372 g/mol. The van der Waals surface area contributed by atoms with Crippen LogP contribution in [-0.4, -0.2) is 74.1 Å². The summed E-state index contributed by atoms with van der Waals surface area (Å²) in [5, 5.41) is 6.76. The number of rotatable bonds is 5. The molecule has 3 atom stereocenters. The number of carbonyl (C=O) groups excluding carboxylic acids is 1. The molecule has 2 N–H and O–H groups in total. The minimum Gasteiger partial charge on any atom is -0.352 e. The quantitative estimate of drug-likeness (QED) is 0.771. The summed E-state index contributed by atoms with van der Waals surface area (Å²) >= 11 is 0. The van der Waals surface area contributed by atoms with E-state index in [0.717, 1.165) is 58.0 Å². The van der Waals surface area contributed by atoms with Gasteiger partial charge in [-0.1, -0.05) is 26.7 Å². The molecule has 6 heteroatoms. The molecule has 3 fully saturated rings. The van der Waals surface area contributed by atoms with E-state index < -0.39 is 0 Å². The summed E-state index contributed by atoms with van der Waals surface area (Å²) < 4.78 is 0. The molecule has 0 spiro atoms. The van der Waals surface area contributed by atoms with E-state index in [-0.39, 0.29) is 18.3 Å². The van der Waals surface area contributed by atoms with Crippen LogP contribution in [0.25, 0.3) is 0 Å². The number of amides is 1. The third kappa shape index (κ3) is 6.38. The number of nitrogens with zero attached hydrogens (tertiary/aromatic N) is 2. The molecule has 2 heterocycles. The molecule has 0 aromatic rings. The molecule has 1 aliphatic carbocycles. The van der Waals surface area contributed by atoms with Gasteiger partial charge in [-0.25, -0.2) is 0 Å². The Balaban J connectivity index is 0.00000225. The molecular weight excluding hydrogens is 336 g/mol. The lowest BCUT2D eigenvalue weighted by atomic mass is 9.87. The van der Waals surface area contributed by atoms with Gasteiger partial charge >= 0.3 is 0 Å². The second kappa shape index (κ2) is 9.54. The highest BCUT2D eigenvalue weighted by Gasteiger charge is 2.32. The topological polar surface area (TPSA) is 47.6 Å². The Bertz CT molecular complexity index is 420. The fraction of sp³-hybridized carbons (Fsp3) is 0.947. The van der Waals surface area contributed by atoms with Crippen LogP contribution in [0.2, 0.25) is 0 Å². The number of piperazine rings is 1. The lowest BCUT2D eigenvalue weighted by Crippen LogP contribution is -2.52. The average Bonchev–Trinajstić information content (AvgIpc) is 2.95. The minimum absolute atomic E-state index is 0. The molecule has 1 saturated carbocycles. The smallest absolute Gasteiger partial charge is 0.234 e. The second-order valence-electron chi connectivity index (χ2n) is 8.83. The summed E-state index contributed by atoms with van der Waals surface area (Å²) in [6.07, 6.45) is 6.19. The Kier molecular flexibility index (Phi) is 7.99. The fourth-order valence-corrected chi connectivity index (χ4v) is 4.69. The maximum atomic E-state index is 12.3. The third-order valence-corrected chi connectivity index (χ3v) is 6.20. The Labute approximate surface area is 159 Å². The van der Waals surface area contributed by atoms with Crippen molar-refractivity contribution in [2.45, 2.75) is 52.0 Å². The molecule has 5 nitrogen and oxygen atoms in total. The average molecular weight is 373 g/mol. The molecule has 146 valence electrons.